The van der Waals surface area contributed by atoms with Gasteiger partial charge in [0.25, 0.3) is 0 Å². The molecule has 0 aliphatic rings. The van der Waals surface area contributed by atoms with Crippen LogP contribution in [0, 0.1) is 0 Å². The van der Waals surface area contributed by atoms with Gasteiger partial charge >= 0.3 is 100 Å². The molecule has 0 amide bonds. The first-order chi connectivity index (χ1) is 7.62. The van der Waals surface area contributed by atoms with E-state index in [0.29, 0.717) is 0 Å². The molecule has 0 aromatic rings. The second-order valence-corrected chi connectivity index (χ2v) is 10.8. The minimum absolute atomic E-state index is 1.15. The first-order valence-corrected chi connectivity index (χ1v) is 9.62. The Labute approximate surface area is 101 Å². The third-order valence-electron chi connectivity index (χ3n) is 3.48. The van der Waals surface area contributed by atoms with Crippen LogP contribution in [0.25, 0.3) is 10.4 Å². The van der Waals surface area contributed by atoms with E-state index in [1.807, 2.05) is 0 Å². The average molecular weight is 245 g/mol. The molecule has 0 fully saturated rings. The third-order valence-corrected chi connectivity index (χ3v) is 10.5. The third kappa shape index (κ3) is 3.64. The Hall–Kier alpha value is -0.260. The molecular formula is C12H28N3P. The molecule has 0 N–H and O–H groups in total. The van der Waals surface area contributed by atoms with Crippen molar-refractivity contribution in [3.63, 3.8) is 0 Å². The Kier molecular flexibility index (Phi) is 7.03. The molecule has 0 aliphatic carbocycles. The average Bonchev–Trinajstić information content (AvgIpc) is 2.19. The summed E-state index contributed by atoms with van der Waals surface area (Å²) in [5.41, 5.74) is 8.96. The molecule has 0 aliphatic heterocycles. The van der Waals surface area contributed by atoms with Crippen molar-refractivity contribution in [1.82, 2.24) is 0 Å². The standard InChI is InChI=1S/C12H28N3P/c1-5-9-16(10-6-2,11-7-3,12-8-4)15-14-13/h5-12H2,1-4H3. The summed E-state index contributed by atoms with van der Waals surface area (Å²) in [7, 11) is 0. The molecule has 96 valence electrons. The van der Waals surface area contributed by atoms with E-state index in [0.717, 1.165) is 50.3 Å². The van der Waals surface area contributed by atoms with Crippen molar-refractivity contribution in [3.05, 3.63) is 10.4 Å². The molecular weight excluding hydrogens is 217 g/mol. The predicted molar refractivity (Wildman–Crippen MR) is 76.7 cm³/mol. The van der Waals surface area contributed by atoms with Crippen LogP contribution in [0.5, 0.6) is 0 Å². The molecule has 0 atom stereocenters. The molecule has 0 radical (unpaired) electrons. The van der Waals surface area contributed by atoms with E-state index in [2.05, 4.69) is 37.5 Å². The molecule has 0 unspecified atom stereocenters. The van der Waals surface area contributed by atoms with E-state index in [1.54, 1.807) is 0 Å². The van der Waals surface area contributed by atoms with Crippen LogP contribution in [0.3, 0.4) is 0 Å². The number of nitrogens with zero attached hydrogens (tertiary/aromatic N) is 3. The first-order valence-electron chi connectivity index (χ1n) is 6.69. The number of azide groups is 1. The van der Waals surface area contributed by atoms with Gasteiger partial charge in [0.15, 0.2) is 0 Å². The molecule has 3 nitrogen and oxygen atoms in total. The number of rotatable bonds is 9. The summed E-state index contributed by atoms with van der Waals surface area (Å²) in [6.07, 6.45) is 9.23. The summed E-state index contributed by atoms with van der Waals surface area (Å²) in [5, 5.41) is 0. The van der Waals surface area contributed by atoms with Gasteiger partial charge in [0.05, 0.1) is 0 Å². The van der Waals surface area contributed by atoms with Crippen LogP contribution >= 0.6 is 6.75 Å². The normalized spacial score (nSPS) is 13.9. The van der Waals surface area contributed by atoms with Crippen molar-refractivity contribution < 1.29 is 0 Å². The maximum absolute atomic E-state index is 8.96. The van der Waals surface area contributed by atoms with Crippen molar-refractivity contribution >= 4 is 6.75 Å². The SMILES string of the molecule is CCCP(CCC)(CCC)(CCC)N=[N+]=[N-]. The fourth-order valence-corrected chi connectivity index (χ4v) is 9.78. The van der Waals surface area contributed by atoms with Gasteiger partial charge in [-0.1, -0.05) is 0 Å². The van der Waals surface area contributed by atoms with Crippen molar-refractivity contribution in [2.75, 3.05) is 24.6 Å². The van der Waals surface area contributed by atoms with Crippen LogP contribution in [0.2, 0.25) is 0 Å². The topological polar surface area (TPSA) is 48.8 Å². The van der Waals surface area contributed by atoms with Crippen LogP contribution in [0.1, 0.15) is 53.4 Å². The predicted octanol–water partition coefficient (Wildman–Crippen LogP) is 5.41. The minimum atomic E-state index is -2.12. The van der Waals surface area contributed by atoms with Crippen molar-refractivity contribution in [1.29, 1.82) is 0 Å². The molecule has 0 rings (SSSR count). The zero-order chi connectivity index (χ0) is 12.5. The van der Waals surface area contributed by atoms with Gasteiger partial charge in [0.1, 0.15) is 0 Å². The summed E-state index contributed by atoms with van der Waals surface area (Å²) >= 11 is 0. The van der Waals surface area contributed by atoms with Gasteiger partial charge in [-0.25, -0.2) is 0 Å². The molecule has 0 aromatic heterocycles. The summed E-state index contributed by atoms with van der Waals surface area (Å²) < 4.78 is 0. The molecule has 0 heterocycles. The van der Waals surface area contributed by atoms with Crippen molar-refractivity contribution in [3.8, 4) is 0 Å². The molecule has 0 saturated heterocycles. The van der Waals surface area contributed by atoms with Crippen LogP contribution in [-0.4, -0.2) is 24.6 Å². The number of hydrogen-bond donors (Lipinski definition) is 0. The van der Waals surface area contributed by atoms with E-state index in [1.165, 1.54) is 0 Å². The van der Waals surface area contributed by atoms with Gasteiger partial charge in [-0.05, 0) is 0 Å². The van der Waals surface area contributed by atoms with Gasteiger partial charge < -0.3 is 0 Å². The molecule has 4 heteroatoms. The van der Waals surface area contributed by atoms with Crippen LogP contribution < -0.4 is 0 Å². The summed E-state index contributed by atoms with van der Waals surface area (Å²) in [6, 6.07) is 0. The van der Waals surface area contributed by atoms with Gasteiger partial charge in [-0.3, -0.25) is 0 Å². The Morgan fingerprint density at radius 1 is 0.812 bits per heavy atom. The van der Waals surface area contributed by atoms with Crippen molar-refractivity contribution in [2.45, 2.75) is 53.4 Å². The fraction of sp³-hybridized carbons (Fsp3) is 1.00. The van der Waals surface area contributed by atoms with E-state index in [9.17, 15) is 0 Å². The zero-order valence-electron chi connectivity index (χ0n) is 11.4. The van der Waals surface area contributed by atoms with Gasteiger partial charge in [-0.2, -0.15) is 0 Å². The first kappa shape index (κ1) is 15.7. The maximum atomic E-state index is 8.96. The Bertz CT molecular complexity index is 211. The molecule has 0 aromatic carbocycles. The van der Waals surface area contributed by atoms with E-state index in [-0.39, 0.29) is 0 Å². The molecule has 0 saturated carbocycles. The van der Waals surface area contributed by atoms with Crippen LogP contribution in [0.4, 0.5) is 0 Å². The van der Waals surface area contributed by atoms with Gasteiger partial charge in [0.2, 0.25) is 0 Å². The second kappa shape index (κ2) is 7.14. The fourth-order valence-electron chi connectivity index (χ4n) is 3.26. The molecule has 0 spiro atoms. The monoisotopic (exact) mass is 245 g/mol. The van der Waals surface area contributed by atoms with Gasteiger partial charge in [-0.15, -0.1) is 0 Å². The van der Waals surface area contributed by atoms with Crippen LogP contribution in [-0.2, 0) is 0 Å². The summed E-state index contributed by atoms with van der Waals surface area (Å²) in [4.78, 5) is 7.70. The summed E-state index contributed by atoms with van der Waals surface area (Å²) in [5.74, 6) is 0. The zero-order valence-corrected chi connectivity index (χ0v) is 12.3. The van der Waals surface area contributed by atoms with E-state index in [4.69, 9.17) is 5.53 Å². The van der Waals surface area contributed by atoms with Crippen molar-refractivity contribution in [2.24, 2.45) is 4.88 Å². The Balaban J connectivity index is 5.35. The van der Waals surface area contributed by atoms with Gasteiger partial charge in [0, 0.05) is 0 Å². The van der Waals surface area contributed by atoms with Crippen LogP contribution in [0.15, 0.2) is 4.88 Å². The molecule has 16 heavy (non-hydrogen) atoms. The number of hydrogen-bond acceptors (Lipinski definition) is 1. The Morgan fingerprint density at radius 3 is 1.31 bits per heavy atom. The van der Waals surface area contributed by atoms with E-state index < -0.39 is 6.75 Å². The Morgan fingerprint density at radius 2 is 1.12 bits per heavy atom. The second-order valence-electron chi connectivity index (χ2n) is 4.98. The summed E-state index contributed by atoms with van der Waals surface area (Å²) in [6.45, 7) is 6.75. The quantitative estimate of drug-likeness (QED) is 0.226. The van der Waals surface area contributed by atoms with E-state index >= 15 is 0 Å². The molecule has 0 bridgehead atoms.